The van der Waals surface area contributed by atoms with Gasteiger partial charge in [0.1, 0.15) is 30.0 Å². The minimum atomic E-state index is -4.33. The van der Waals surface area contributed by atoms with E-state index in [1.165, 1.54) is 20.8 Å². The van der Waals surface area contributed by atoms with Gasteiger partial charge in [-0.1, -0.05) is 13.2 Å². The Bertz CT molecular complexity index is 607. The maximum Gasteiger partial charge on any atom is 0.330 e. The number of carbonyl (C=O) groups excluding carboxylic acids is 3. The molecule has 0 saturated heterocycles. The Morgan fingerprint density at radius 2 is 1.48 bits per heavy atom. The SMILES string of the molecule is C=CC(=O)OC(C)C(C)(C(=O)OCCS(=O)(=O)O)C(C)OC(=O)C=C. The number of hydrogen-bond donors (Lipinski definition) is 1. The van der Waals surface area contributed by atoms with Gasteiger partial charge in [0.2, 0.25) is 0 Å². The molecule has 0 aromatic heterocycles. The largest absolute Gasteiger partial charge is 0.464 e. The smallest absolute Gasteiger partial charge is 0.330 e. The van der Waals surface area contributed by atoms with E-state index >= 15 is 0 Å². The molecule has 142 valence electrons. The van der Waals surface area contributed by atoms with Crippen molar-refractivity contribution in [2.24, 2.45) is 5.41 Å². The number of carbonyl (C=O) groups is 3. The molecule has 2 unspecified atom stereocenters. The highest BCUT2D eigenvalue weighted by atomic mass is 32.2. The maximum absolute atomic E-state index is 12.4. The minimum absolute atomic E-state index is 0.627. The quantitative estimate of drug-likeness (QED) is 0.252. The summed E-state index contributed by atoms with van der Waals surface area (Å²) in [7, 11) is -4.33. The van der Waals surface area contributed by atoms with Crippen molar-refractivity contribution in [1.82, 2.24) is 0 Å². The molecule has 1 N–H and O–H groups in total. The zero-order valence-corrected chi connectivity index (χ0v) is 15.1. The Balaban J connectivity index is 5.44. The lowest BCUT2D eigenvalue weighted by Crippen LogP contribution is -2.51. The van der Waals surface area contributed by atoms with Crippen LogP contribution >= 0.6 is 0 Å². The fraction of sp³-hybridized carbons (Fsp3) is 0.533. The van der Waals surface area contributed by atoms with E-state index in [4.69, 9.17) is 18.8 Å². The third kappa shape index (κ3) is 7.06. The second-order valence-corrected chi connectivity index (χ2v) is 6.84. The molecule has 9 nitrogen and oxygen atoms in total. The second-order valence-electron chi connectivity index (χ2n) is 5.27. The fourth-order valence-electron chi connectivity index (χ4n) is 1.75. The number of hydrogen-bond acceptors (Lipinski definition) is 8. The van der Waals surface area contributed by atoms with E-state index in [0.29, 0.717) is 0 Å². The molecule has 0 fully saturated rings. The van der Waals surface area contributed by atoms with Gasteiger partial charge in [0.05, 0.1) is 0 Å². The van der Waals surface area contributed by atoms with Gasteiger partial charge >= 0.3 is 17.9 Å². The highest BCUT2D eigenvalue weighted by molar-refractivity contribution is 7.85. The molecule has 0 aliphatic carbocycles. The van der Waals surface area contributed by atoms with Crippen LogP contribution in [0, 0.1) is 5.41 Å². The van der Waals surface area contributed by atoms with Crippen LogP contribution in [-0.4, -0.2) is 55.4 Å². The Morgan fingerprint density at radius 1 is 1.08 bits per heavy atom. The van der Waals surface area contributed by atoms with Crippen molar-refractivity contribution in [1.29, 1.82) is 0 Å². The number of ether oxygens (including phenoxy) is 3. The summed E-state index contributed by atoms with van der Waals surface area (Å²) in [4.78, 5) is 35.3. The summed E-state index contributed by atoms with van der Waals surface area (Å²) in [6.45, 7) is 9.93. The van der Waals surface area contributed by atoms with Gasteiger partial charge in [-0.15, -0.1) is 0 Å². The van der Waals surface area contributed by atoms with E-state index in [1.54, 1.807) is 0 Å². The number of esters is 3. The van der Waals surface area contributed by atoms with Crippen LogP contribution < -0.4 is 0 Å². The van der Waals surface area contributed by atoms with Crippen LogP contribution in [0.1, 0.15) is 20.8 Å². The molecule has 0 aromatic rings. The van der Waals surface area contributed by atoms with Gasteiger partial charge in [0.15, 0.2) is 0 Å². The van der Waals surface area contributed by atoms with Gasteiger partial charge in [-0.05, 0) is 20.8 Å². The van der Waals surface area contributed by atoms with E-state index in [0.717, 1.165) is 12.2 Å². The third-order valence-electron chi connectivity index (χ3n) is 3.62. The topological polar surface area (TPSA) is 133 Å². The summed E-state index contributed by atoms with van der Waals surface area (Å²) in [6.07, 6.45) is -0.435. The Hall–Kier alpha value is -2.20. The van der Waals surface area contributed by atoms with Gasteiger partial charge in [-0.3, -0.25) is 9.35 Å². The van der Waals surface area contributed by atoms with Crippen molar-refractivity contribution in [3.63, 3.8) is 0 Å². The number of rotatable bonds is 10. The predicted octanol–water partition coefficient (Wildman–Crippen LogP) is 0.659. The van der Waals surface area contributed by atoms with Gasteiger partial charge in [-0.2, -0.15) is 8.42 Å². The van der Waals surface area contributed by atoms with E-state index < -0.39 is 58.0 Å². The summed E-state index contributed by atoms with van der Waals surface area (Å²) in [6, 6.07) is 0. The minimum Gasteiger partial charge on any atom is -0.464 e. The lowest BCUT2D eigenvalue weighted by molar-refractivity contribution is -0.183. The van der Waals surface area contributed by atoms with Crippen LogP contribution in [0.15, 0.2) is 25.3 Å². The van der Waals surface area contributed by atoms with Crippen LogP contribution in [-0.2, 0) is 38.7 Å². The fourth-order valence-corrected chi connectivity index (χ4v) is 2.04. The van der Waals surface area contributed by atoms with Crippen molar-refractivity contribution in [2.45, 2.75) is 33.0 Å². The molecule has 0 bridgehead atoms. The monoisotopic (exact) mass is 378 g/mol. The first-order chi connectivity index (χ1) is 11.4. The summed E-state index contributed by atoms with van der Waals surface area (Å²) in [5, 5.41) is 0. The van der Waals surface area contributed by atoms with Crippen molar-refractivity contribution < 1.29 is 41.6 Å². The Morgan fingerprint density at radius 3 is 1.80 bits per heavy atom. The molecule has 0 aliphatic rings. The summed E-state index contributed by atoms with van der Waals surface area (Å²) < 4.78 is 45.0. The first kappa shape index (κ1) is 22.8. The van der Waals surface area contributed by atoms with Gasteiger partial charge in [0.25, 0.3) is 10.1 Å². The van der Waals surface area contributed by atoms with Crippen molar-refractivity contribution in [3.05, 3.63) is 25.3 Å². The first-order valence-corrected chi connectivity index (χ1v) is 8.77. The molecule has 0 aliphatic heterocycles. The molecule has 0 spiro atoms. The van der Waals surface area contributed by atoms with Crippen molar-refractivity contribution in [3.8, 4) is 0 Å². The van der Waals surface area contributed by atoms with Crippen LogP contribution in [0.5, 0.6) is 0 Å². The molecule has 0 rings (SSSR count). The standard InChI is InChI=1S/C15H22O9S/c1-6-12(16)23-10(3)15(5,11(4)24-13(17)7-2)14(18)22-8-9-25(19,20)21/h6-7,10-11H,1-2,8-9H2,3-5H3,(H,19,20,21). The van der Waals surface area contributed by atoms with E-state index in [2.05, 4.69) is 13.2 Å². The summed E-state index contributed by atoms with van der Waals surface area (Å²) in [5.74, 6) is -3.42. The lowest BCUT2D eigenvalue weighted by Gasteiger charge is -2.36. The van der Waals surface area contributed by atoms with Crippen LogP contribution in [0.25, 0.3) is 0 Å². The first-order valence-electron chi connectivity index (χ1n) is 7.17. The van der Waals surface area contributed by atoms with Gasteiger partial charge in [0, 0.05) is 12.2 Å². The zero-order valence-electron chi connectivity index (χ0n) is 14.3. The molecule has 2 atom stereocenters. The molecule has 0 amide bonds. The lowest BCUT2D eigenvalue weighted by atomic mass is 9.79. The molecule has 0 aromatic carbocycles. The predicted molar refractivity (Wildman–Crippen MR) is 87.0 cm³/mol. The summed E-state index contributed by atoms with van der Waals surface area (Å²) >= 11 is 0. The van der Waals surface area contributed by atoms with Gasteiger partial charge < -0.3 is 14.2 Å². The molecule has 10 heteroatoms. The molecule has 0 radical (unpaired) electrons. The highest BCUT2D eigenvalue weighted by Gasteiger charge is 2.49. The van der Waals surface area contributed by atoms with Crippen LogP contribution in [0.3, 0.4) is 0 Å². The molecule has 25 heavy (non-hydrogen) atoms. The molecule has 0 heterocycles. The average Bonchev–Trinajstić information content (AvgIpc) is 2.51. The van der Waals surface area contributed by atoms with E-state index in [1.807, 2.05) is 0 Å². The van der Waals surface area contributed by atoms with Crippen LogP contribution in [0.4, 0.5) is 0 Å². The summed E-state index contributed by atoms with van der Waals surface area (Å²) in [5.41, 5.74) is -1.66. The molecular weight excluding hydrogens is 356 g/mol. The van der Waals surface area contributed by atoms with E-state index in [-0.39, 0.29) is 0 Å². The van der Waals surface area contributed by atoms with E-state index in [9.17, 15) is 22.8 Å². The molecular formula is C15H22O9S. The average molecular weight is 378 g/mol. The van der Waals surface area contributed by atoms with Crippen LogP contribution in [0.2, 0.25) is 0 Å². The second kappa shape index (κ2) is 9.33. The van der Waals surface area contributed by atoms with Crippen molar-refractivity contribution >= 4 is 28.0 Å². The maximum atomic E-state index is 12.4. The highest BCUT2D eigenvalue weighted by Crippen LogP contribution is 2.32. The zero-order chi connectivity index (χ0) is 19.8. The Kier molecular flexibility index (Phi) is 8.51. The normalized spacial score (nSPS) is 15.8. The third-order valence-corrected chi connectivity index (χ3v) is 4.31. The van der Waals surface area contributed by atoms with Gasteiger partial charge in [-0.25, -0.2) is 9.59 Å². The molecule has 0 saturated carbocycles. The van der Waals surface area contributed by atoms with Crippen molar-refractivity contribution in [2.75, 3.05) is 12.4 Å². The Labute approximate surface area is 146 Å².